The van der Waals surface area contributed by atoms with Gasteiger partial charge in [0.15, 0.2) is 0 Å². The van der Waals surface area contributed by atoms with E-state index in [1.807, 2.05) is 30.3 Å². The molecule has 5 heteroatoms. The largest absolute Gasteiger partial charge is 1.00 e. The molecule has 0 aliphatic heterocycles. The minimum atomic E-state index is -1.83. The topological polar surface area (TPSA) is 83.6 Å². The van der Waals surface area contributed by atoms with E-state index in [-0.39, 0.29) is 52.8 Å². The number of benzene rings is 1. The first-order valence-electron chi connectivity index (χ1n) is 3.32. The van der Waals surface area contributed by atoms with E-state index in [9.17, 15) is 0 Å². The van der Waals surface area contributed by atoms with Crippen molar-refractivity contribution in [3.63, 3.8) is 0 Å². The molecule has 4 N–H and O–H groups in total. The Kier molecular flexibility index (Phi) is 12.2. The van der Waals surface area contributed by atoms with Gasteiger partial charge in [0.1, 0.15) is 0 Å². The first-order chi connectivity index (χ1) is 5.66. The van der Waals surface area contributed by atoms with E-state index in [4.69, 9.17) is 20.7 Å². The Balaban J connectivity index is -0.000000180. The van der Waals surface area contributed by atoms with Crippen LogP contribution in [0.5, 0.6) is 0 Å². The molecule has 0 fully saturated rings. The molecule has 0 atom stereocenters. The van der Waals surface area contributed by atoms with E-state index in [0.717, 1.165) is 0 Å². The second kappa shape index (κ2) is 10.2. The second-order valence-electron chi connectivity index (χ2n) is 1.97. The average Bonchev–Trinajstić information content (AvgIpc) is 2.05. The van der Waals surface area contributed by atoms with Crippen LogP contribution in [0.25, 0.3) is 0 Å². The quantitative estimate of drug-likeness (QED) is 0.491. The molecule has 13 heavy (non-hydrogen) atoms. The summed E-state index contributed by atoms with van der Waals surface area (Å²) < 4.78 is 0. The van der Waals surface area contributed by atoms with Gasteiger partial charge in [0.05, 0.1) is 0 Å². The SMILES string of the molecule is NCc1ccccc1.O=C(O)O.[H-].[K+]. The first-order valence-corrected chi connectivity index (χ1v) is 3.32. The Morgan fingerprint density at radius 1 is 1.31 bits per heavy atom. The maximum atomic E-state index is 8.56. The molecule has 0 saturated carbocycles. The Bertz CT molecular complexity index is 229. The molecule has 1 aromatic carbocycles. The van der Waals surface area contributed by atoms with Crippen molar-refractivity contribution < 1.29 is 67.8 Å². The number of carbonyl (C=O) groups is 1. The molecule has 1 rings (SSSR count). The van der Waals surface area contributed by atoms with Gasteiger partial charge >= 0.3 is 57.5 Å². The van der Waals surface area contributed by atoms with Crippen LogP contribution in [0.4, 0.5) is 4.79 Å². The van der Waals surface area contributed by atoms with Gasteiger partial charge in [-0.25, -0.2) is 4.79 Å². The van der Waals surface area contributed by atoms with Crippen LogP contribution in [-0.2, 0) is 6.54 Å². The third kappa shape index (κ3) is 12.1. The fourth-order valence-corrected chi connectivity index (χ4v) is 0.614. The zero-order valence-corrected chi connectivity index (χ0v) is 10.6. The van der Waals surface area contributed by atoms with Gasteiger partial charge in [-0.3, -0.25) is 0 Å². The van der Waals surface area contributed by atoms with Gasteiger partial charge in [0.25, 0.3) is 0 Å². The van der Waals surface area contributed by atoms with E-state index >= 15 is 0 Å². The number of nitrogens with two attached hydrogens (primary N) is 1. The second-order valence-corrected chi connectivity index (χ2v) is 1.97. The minimum Gasteiger partial charge on any atom is -1.00 e. The smallest absolute Gasteiger partial charge is 1.00 e. The van der Waals surface area contributed by atoms with Crippen LogP contribution in [0.3, 0.4) is 0 Å². The normalized spacial score (nSPS) is 7.46. The molecule has 68 valence electrons. The first kappa shape index (κ1) is 15.6. The van der Waals surface area contributed by atoms with Crippen LogP contribution in [0.2, 0.25) is 0 Å². The summed E-state index contributed by atoms with van der Waals surface area (Å²) in [4.78, 5) is 8.56. The van der Waals surface area contributed by atoms with E-state index in [0.29, 0.717) is 6.54 Å². The van der Waals surface area contributed by atoms with Gasteiger partial charge in [0.2, 0.25) is 0 Å². The van der Waals surface area contributed by atoms with E-state index in [1.54, 1.807) is 0 Å². The van der Waals surface area contributed by atoms with Crippen molar-refractivity contribution in [2.24, 2.45) is 5.73 Å². The van der Waals surface area contributed by atoms with Crippen LogP contribution >= 0.6 is 0 Å². The average molecular weight is 209 g/mol. The number of carboxylic acid groups (broad SMARTS) is 2. The van der Waals surface area contributed by atoms with Gasteiger partial charge < -0.3 is 17.4 Å². The van der Waals surface area contributed by atoms with Crippen molar-refractivity contribution >= 4 is 6.16 Å². The summed E-state index contributed by atoms with van der Waals surface area (Å²) in [7, 11) is 0. The van der Waals surface area contributed by atoms with Crippen LogP contribution < -0.4 is 57.1 Å². The third-order valence-corrected chi connectivity index (χ3v) is 1.08. The van der Waals surface area contributed by atoms with Crippen molar-refractivity contribution in [3.8, 4) is 0 Å². The molecule has 0 amide bonds. The number of hydrogen-bond acceptors (Lipinski definition) is 2. The summed E-state index contributed by atoms with van der Waals surface area (Å²) in [6, 6.07) is 9.99. The maximum absolute atomic E-state index is 8.56. The van der Waals surface area contributed by atoms with Gasteiger partial charge in [0, 0.05) is 6.54 Å². The van der Waals surface area contributed by atoms with Crippen LogP contribution in [0.15, 0.2) is 30.3 Å². The molecule has 0 bridgehead atoms. The Labute approximate surface area is 121 Å². The van der Waals surface area contributed by atoms with Gasteiger partial charge in [-0.2, -0.15) is 0 Å². The van der Waals surface area contributed by atoms with Gasteiger partial charge in [-0.05, 0) is 5.56 Å². The molecule has 0 aromatic heterocycles. The Morgan fingerprint density at radius 3 is 1.92 bits per heavy atom. The summed E-state index contributed by atoms with van der Waals surface area (Å²) in [5, 5.41) is 13.9. The van der Waals surface area contributed by atoms with Crippen molar-refractivity contribution in [2.75, 3.05) is 0 Å². The third-order valence-electron chi connectivity index (χ3n) is 1.08. The maximum Gasteiger partial charge on any atom is 1.00 e. The molecular weight excluding hydrogens is 197 g/mol. The molecule has 0 spiro atoms. The number of hydrogen-bond donors (Lipinski definition) is 3. The predicted molar refractivity (Wildman–Crippen MR) is 46.1 cm³/mol. The van der Waals surface area contributed by atoms with Crippen molar-refractivity contribution in [1.82, 2.24) is 0 Å². The van der Waals surface area contributed by atoms with Crippen molar-refractivity contribution in [2.45, 2.75) is 6.54 Å². The fraction of sp³-hybridized carbons (Fsp3) is 0.125. The molecule has 0 aliphatic carbocycles. The fourth-order valence-electron chi connectivity index (χ4n) is 0.614. The van der Waals surface area contributed by atoms with Gasteiger partial charge in [-0.15, -0.1) is 0 Å². The van der Waals surface area contributed by atoms with E-state index < -0.39 is 6.16 Å². The summed E-state index contributed by atoms with van der Waals surface area (Å²) in [6.07, 6.45) is -1.83. The molecule has 0 radical (unpaired) electrons. The van der Waals surface area contributed by atoms with Gasteiger partial charge in [-0.1, -0.05) is 30.3 Å². The molecule has 0 unspecified atom stereocenters. The Hall–Kier alpha value is 0.0864. The predicted octanol–water partition coefficient (Wildman–Crippen LogP) is -1.52. The Morgan fingerprint density at radius 2 is 1.69 bits per heavy atom. The summed E-state index contributed by atoms with van der Waals surface area (Å²) in [6.45, 7) is 0.640. The van der Waals surface area contributed by atoms with E-state index in [1.165, 1.54) is 5.56 Å². The van der Waals surface area contributed by atoms with Crippen LogP contribution in [-0.4, -0.2) is 16.4 Å². The summed E-state index contributed by atoms with van der Waals surface area (Å²) in [5.41, 5.74) is 6.54. The zero-order chi connectivity index (χ0) is 9.40. The van der Waals surface area contributed by atoms with Crippen molar-refractivity contribution in [3.05, 3.63) is 35.9 Å². The van der Waals surface area contributed by atoms with E-state index in [2.05, 4.69) is 0 Å². The number of rotatable bonds is 1. The molecular formula is C8H12KNO3. The summed E-state index contributed by atoms with van der Waals surface area (Å²) >= 11 is 0. The van der Waals surface area contributed by atoms with Crippen LogP contribution in [0, 0.1) is 0 Å². The molecule has 4 nitrogen and oxygen atoms in total. The zero-order valence-electron chi connectivity index (χ0n) is 8.47. The van der Waals surface area contributed by atoms with Crippen LogP contribution in [0.1, 0.15) is 6.99 Å². The molecule has 1 aromatic rings. The standard InChI is InChI=1S/C7H9N.CH2O3.K.H/c8-6-7-4-2-1-3-5-7;2-1(3)4;;/h1-5H,6,8H2;(H2,2,3,4);;/q;;+1;-1. The monoisotopic (exact) mass is 209 g/mol. The summed E-state index contributed by atoms with van der Waals surface area (Å²) in [5.74, 6) is 0. The molecule has 0 saturated heterocycles. The minimum absolute atomic E-state index is 0. The molecule has 0 aliphatic rings. The molecule has 0 heterocycles. The van der Waals surface area contributed by atoms with Crippen molar-refractivity contribution in [1.29, 1.82) is 0 Å².